The summed E-state index contributed by atoms with van der Waals surface area (Å²) < 4.78 is 1.94. The minimum absolute atomic E-state index is 0.725. The average Bonchev–Trinajstić information content (AvgIpc) is 2.61. The third kappa shape index (κ3) is 2.39. The van der Waals surface area contributed by atoms with Crippen molar-refractivity contribution in [1.82, 2.24) is 14.8 Å². The van der Waals surface area contributed by atoms with Crippen LogP contribution in [0.5, 0.6) is 0 Å². The number of carbonyl (C=O) groups excluding carboxylic acids is 1. The summed E-state index contributed by atoms with van der Waals surface area (Å²) in [7, 11) is 1.93. The van der Waals surface area contributed by atoms with Gasteiger partial charge in [-0.3, -0.25) is 4.79 Å². The fourth-order valence-electron chi connectivity index (χ4n) is 1.43. The zero-order chi connectivity index (χ0) is 12.4. The Bertz CT molecular complexity index is 563. The van der Waals surface area contributed by atoms with E-state index in [4.69, 9.17) is 0 Å². The van der Waals surface area contributed by atoms with Gasteiger partial charge in [0.05, 0.1) is 0 Å². The van der Waals surface area contributed by atoms with Crippen LogP contribution in [0.25, 0.3) is 0 Å². The number of nitrogens with zero attached hydrogens (tertiary/aromatic N) is 3. The lowest BCUT2D eigenvalue weighted by Gasteiger charge is -2.04. The minimum atomic E-state index is 0.725. The van der Waals surface area contributed by atoms with Crippen LogP contribution < -0.4 is 0 Å². The maximum atomic E-state index is 10.7. The number of aryl methyl sites for hydroxylation is 2. The highest BCUT2D eigenvalue weighted by Crippen LogP contribution is 2.27. The molecule has 2 aromatic rings. The van der Waals surface area contributed by atoms with Gasteiger partial charge in [-0.15, -0.1) is 10.2 Å². The standard InChI is InChI=1S/C12H13N3OS/c1-8-6-11(5-4-10(8)7-16)17-12-14-13-9(2)15(12)3/h4-7H,1-3H3. The second-order valence-corrected chi connectivity index (χ2v) is 4.87. The third-order valence-corrected chi connectivity index (χ3v) is 3.66. The van der Waals surface area contributed by atoms with Crippen molar-refractivity contribution in [1.29, 1.82) is 0 Å². The van der Waals surface area contributed by atoms with E-state index in [-0.39, 0.29) is 0 Å². The monoisotopic (exact) mass is 247 g/mol. The van der Waals surface area contributed by atoms with Gasteiger partial charge in [-0.1, -0.05) is 6.07 Å². The number of aromatic nitrogens is 3. The highest BCUT2D eigenvalue weighted by Gasteiger charge is 2.07. The van der Waals surface area contributed by atoms with Gasteiger partial charge in [-0.05, 0) is 43.3 Å². The maximum Gasteiger partial charge on any atom is 0.195 e. The lowest BCUT2D eigenvalue weighted by Crippen LogP contribution is -1.93. The number of hydrogen-bond acceptors (Lipinski definition) is 4. The molecule has 1 aromatic heterocycles. The van der Waals surface area contributed by atoms with Crippen LogP contribution in [0, 0.1) is 13.8 Å². The van der Waals surface area contributed by atoms with Gasteiger partial charge in [0.2, 0.25) is 0 Å². The molecule has 1 aromatic carbocycles. The SMILES string of the molecule is Cc1cc(Sc2nnc(C)n2C)ccc1C=O. The van der Waals surface area contributed by atoms with E-state index in [2.05, 4.69) is 10.2 Å². The Balaban J connectivity index is 2.28. The van der Waals surface area contributed by atoms with Crippen LogP contribution in [0.3, 0.4) is 0 Å². The van der Waals surface area contributed by atoms with E-state index in [1.807, 2.05) is 43.7 Å². The molecule has 0 atom stereocenters. The topological polar surface area (TPSA) is 47.8 Å². The molecule has 0 aliphatic rings. The molecular formula is C12H13N3OS. The summed E-state index contributed by atoms with van der Waals surface area (Å²) >= 11 is 1.54. The second kappa shape index (κ2) is 4.71. The van der Waals surface area contributed by atoms with Crippen molar-refractivity contribution >= 4 is 18.0 Å². The smallest absolute Gasteiger partial charge is 0.195 e. The van der Waals surface area contributed by atoms with E-state index in [0.29, 0.717) is 0 Å². The molecule has 0 unspecified atom stereocenters. The van der Waals surface area contributed by atoms with Crippen LogP contribution >= 0.6 is 11.8 Å². The van der Waals surface area contributed by atoms with E-state index >= 15 is 0 Å². The number of aldehydes is 1. The Morgan fingerprint density at radius 1 is 1.29 bits per heavy atom. The molecule has 1 heterocycles. The lowest BCUT2D eigenvalue weighted by atomic mass is 10.1. The predicted molar refractivity (Wildman–Crippen MR) is 66.4 cm³/mol. The summed E-state index contributed by atoms with van der Waals surface area (Å²) in [6, 6.07) is 5.73. The first-order valence-electron chi connectivity index (χ1n) is 5.21. The summed E-state index contributed by atoms with van der Waals surface area (Å²) in [6.07, 6.45) is 0.871. The molecule has 0 aliphatic heterocycles. The summed E-state index contributed by atoms with van der Waals surface area (Å²) in [5, 5.41) is 8.94. The molecule has 0 aliphatic carbocycles. The number of carbonyl (C=O) groups is 1. The normalized spacial score (nSPS) is 10.5. The molecule has 0 radical (unpaired) electrons. The third-order valence-electron chi connectivity index (χ3n) is 2.63. The second-order valence-electron chi connectivity index (χ2n) is 3.83. The van der Waals surface area contributed by atoms with Crippen LogP contribution in [-0.2, 0) is 7.05 Å². The first-order valence-corrected chi connectivity index (χ1v) is 6.03. The summed E-state index contributed by atoms with van der Waals surface area (Å²) in [4.78, 5) is 11.8. The van der Waals surface area contributed by atoms with E-state index in [1.165, 1.54) is 0 Å². The minimum Gasteiger partial charge on any atom is -0.309 e. The molecule has 2 rings (SSSR count). The zero-order valence-electron chi connectivity index (χ0n) is 9.97. The fourth-order valence-corrected chi connectivity index (χ4v) is 2.36. The Morgan fingerprint density at radius 3 is 2.59 bits per heavy atom. The largest absolute Gasteiger partial charge is 0.309 e. The molecule has 4 nitrogen and oxygen atoms in total. The number of benzene rings is 1. The van der Waals surface area contributed by atoms with E-state index < -0.39 is 0 Å². The van der Waals surface area contributed by atoms with Crippen molar-refractivity contribution in [3.8, 4) is 0 Å². The zero-order valence-corrected chi connectivity index (χ0v) is 10.8. The van der Waals surface area contributed by atoms with Crippen LogP contribution in [0.4, 0.5) is 0 Å². The molecule has 17 heavy (non-hydrogen) atoms. The molecule has 0 fully saturated rings. The molecular weight excluding hydrogens is 234 g/mol. The van der Waals surface area contributed by atoms with Gasteiger partial charge in [0, 0.05) is 17.5 Å². The molecule has 0 bridgehead atoms. The highest BCUT2D eigenvalue weighted by atomic mass is 32.2. The van der Waals surface area contributed by atoms with E-state index in [0.717, 1.165) is 33.3 Å². The molecule has 0 N–H and O–H groups in total. The molecule has 5 heteroatoms. The van der Waals surface area contributed by atoms with Gasteiger partial charge in [-0.2, -0.15) is 0 Å². The van der Waals surface area contributed by atoms with Crippen molar-refractivity contribution in [3.63, 3.8) is 0 Å². The molecule has 0 spiro atoms. The van der Waals surface area contributed by atoms with Gasteiger partial charge >= 0.3 is 0 Å². The predicted octanol–water partition coefficient (Wildman–Crippen LogP) is 2.40. The number of rotatable bonds is 3. The molecule has 88 valence electrons. The first kappa shape index (κ1) is 11.9. The summed E-state index contributed by atoms with van der Waals surface area (Å²) in [6.45, 7) is 3.84. The average molecular weight is 247 g/mol. The maximum absolute atomic E-state index is 10.7. The van der Waals surface area contributed by atoms with E-state index in [1.54, 1.807) is 11.8 Å². The van der Waals surface area contributed by atoms with Gasteiger partial charge < -0.3 is 4.57 Å². The highest BCUT2D eigenvalue weighted by molar-refractivity contribution is 7.99. The lowest BCUT2D eigenvalue weighted by molar-refractivity contribution is 0.112. The molecule has 0 saturated carbocycles. The summed E-state index contributed by atoms with van der Waals surface area (Å²) in [5.41, 5.74) is 1.70. The van der Waals surface area contributed by atoms with Crippen LogP contribution in [0.2, 0.25) is 0 Å². The van der Waals surface area contributed by atoms with Gasteiger partial charge in [0.25, 0.3) is 0 Å². The first-order chi connectivity index (χ1) is 8.11. The Kier molecular flexibility index (Phi) is 3.28. The van der Waals surface area contributed by atoms with Gasteiger partial charge in [0.15, 0.2) is 5.16 Å². The number of hydrogen-bond donors (Lipinski definition) is 0. The summed E-state index contributed by atoms with van der Waals surface area (Å²) in [5.74, 6) is 0.883. The van der Waals surface area contributed by atoms with Crippen molar-refractivity contribution < 1.29 is 4.79 Å². The van der Waals surface area contributed by atoms with Crippen LogP contribution in [-0.4, -0.2) is 21.1 Å². The Morgan fingerprint density at radius 2 is 2.06 bits per heavy atom. The molecule has 0 saturated heterocycles. The van der Waals surface area contributed by atoms with Crippen molar-refractivity contribution in [2.45, 2.75) is 23.9 Å². The quantitative estimate of drug-likeness (QED) is 0.781. The van der Waals surface area contributed by atoms with Gasteiger partial charge in [0.1, 0.15) is 12.1 Å². The van der Waals surface area contributed by atoms with Crippen molar-refractivity contribution in [3.05, 3.63) is 35.2 Å². The van der Waals surface area contributed by atoms with Crippen molar-refractivity contribution in [2.24, 2.45) is 7.05 Å². The molecule has 0 amide bonds. The van der Waals surface area contributed by atoms with Gasteiger partial charge in [-0.25, -0.2) is 0 Å². The van der Waals surface area contributed by atoms with Crippen LogP contribution in [0.15, 0.2) is 28.3 Å². The van der Waals surface area contributed by atoms with E-state index in [9.17, 15) is 4.79 Å². The Labute approximate surface area is 104 Å². The fraction of sp³-hybridized carbons (Fsp3) is 0.250. The van der Waals surface area contributed by atoms with Crippen LogP contribution in [0.1, 0.15) is 21.7 Å². The van der Waals surface area contributed by atoms with Crippen molar-refractivity contribution in [2.75, 3.05) is 0 Å². The Hall–Kier alpha value is -1.62.